The SMILES string of the molecule is [CH]C(=O)Nc1cccc(C(C)=O)c1. The lowest BCUT2D eigenvalue weighted by Crippen LogP contribution is -2.06. The second-order valence-corrected chi connectivity index (χ2v) is 2.63. The molecule has 3 heteroatoms. The van der Waals surface area contributed by atoms with Gasteiger partial charge in [0.15, 0.2) is 5.78 Å². The Morgan fingerprint density at radius 1 is 1.38 bits per heavy atom. The van der Waals surface area contributed by atoms with Gasteiger partial charge >= 0.3 is 0 Å². The Bertz CT molecular complexity index is 345. The fourth-order valence-electron chi connectivity index (χ4n) is 0.958. The summed E-state index contributed by atoms with van der Waals surface area (Å²) in [4.78, 5) is 21.4. The van der Waals surface area contributed by atoms with E-state index in [0.717, 1.165) is 0 Å². The van der Waals surface area contributed by atoms with Gasteiger partial charge in [-0.25, -0.2) is 0 Å². The first-order chi connectivity index (χ1) is 6.09. The van der Waals surface area contributed by atoms with Crippen LogP contribution in [0.4, 0.5) is 5.69 Å². The highest BCUT2D eigenvalue weighted by Gasteiger charge is 2.00. The van der Waals surface area contributed by atoms with Gasteiger partial charge in [-0.05, 0) is 19.1 Å². The molecule has 0 spiro atoms. The Kier molecular flexibility index (Phi) is 2.80. The summed E-state index contributed by atoms with van der Waals surface area (Å²) in [6.07, 6.45) is 0. The minimum Gasteiger partial charge on any atom is -0.326 e. The van der Waals surface area contributed by atoms with E-state index in [-0.39, 0.29) is 5.78 Å². The summed E-state index contributed by atoms with van der Waals surface area (Å²) in [6.45, 7) is 6.38. The van der Waals surface area contributed by atoms with Gasteiger partial charge in [0.1, 0.15) is 0 Å². The van der Waals surface area contributed by atoms with E-state index < -0.39 is 5.91 Å². The molecule has 0 heterocycles. The molecule has 0 atom stereocenters. The standard InChI is InChI=1S/C10H9NO2/c1-7(12)9-4-3-5-10(6-9)11-8(2)13/h2-6H,1H3,(H,11,13). The summed E-state index contributed by atoms with van der Waals surface area (Å²) in [5.74, 6) is -0.686. The van der Waals surface area contributed by atoms with Crippen LogP contribution in [0, 0.1) is 6.92 Å². The number of anilines is 1. The number of carbonyl (C=O) groups is 2. The molecule has 1 rings (SSSR count). The van der Waals surface area contributed by atoms with Crippen LogP contribution in [0.1, 0.15) is 17.3 Å². The van der Waals surface area contributed by atoms with Crippen molar-refractivity contribution in [3.63, 3.8) is 0 Å². The minimum atomic E-state index is -0.638. The lowest BCUT2D eigenvalue weighted by atomic mass is 10.1. The van der Waals surface area contributed by atoms with Gasteiger partial charge < -0.3 is 5.32 Å². The number of nitrogens with one attached hydrogen (secondary N) is 1. The maximum Gasteiger partial charge on any atom is 0.229 e. The van der Waals surface area contributed by atoms with E-state index in [0.29, 0.717) is 11.3 Å². The van der Waals surface area contributed by atoms with Gasteiger partial charge in [-0.1, -0.05) is 12.1 Å². The highest BCUT2D eigenvalue weighted by atomic mass is 16.1. The molecule has 0 aliphatic carbocycles. The van der Waals surface area contributed by atoms with Gasteiger partial charge in [0, 0.05) is 11.3 Å². The summed E-state index contributed by atoms with van der Waals surface area (Å²) in [5.41, 5.74) is 1.08. The Morgan fingerprint density at radius 3 is 2.62 bits per heavy atom. The highest BCUT2D eigenvalue weighted by Crippen LogP contribution is 2.10. The van der Waals surface area contributed by atoms with Crippen molar-refractivity contribution in [2.24, 2.45) is 0 Å². The Morgan fingerprint density at radius 2 is 2.08 bits per heavy atom. The summed E-state index contributed by atoms with van der Waals surface area (Å²) < 4.78 is 0. The molecule has 0 fully saturated rings. The Balaban J connectivity index is 2.91. The number of benzene rings is 1. The van der Waals surface area contributed by atoms with Crippen molar-refractivity contribution in [1.29, 1.82) is 0 Å². The quantitative estimate of drug-likeness (QED) is 0.693. The van der Waals surface area contributed by atoms with Crippen molar-refractivity contribution < 1.29 is 9.59 Å². The van der Waals surface area contributed by atoms with Gasteiger partial charge in [-0.15, -0.1) is 0 Å². The molecule has 0 bridgehead atoms. The van der Waals surface area contributed by atoms with Crippen molar-refractivity contribution >= 4 is 17.4 Å². The number of rotatable bonds is 2. The molecule has 0 saturated heterocycles. The predicted octanol–water partition coefficient (Wildman–Crippen LogP) is 1.54. The molecule has 2 radical (unpaired) electrons. The van der Waals surface area contributed by atoms with E-state index in [9.17, 15) is 9.59 Å². The zero-order chi connectivity index (χ0) is 9.84. The molecule has 0 aliphatic rings. The average molecular weight is 175 g/mol. The first kappa shape index (κ1) is 9.45. The smallest absolute Gasteiger partial charge is 0.229 e. The highest BCUT2D eigenvalue weighted by molar-refractivity contribution is 5.98. The van der Waals surface area contributed by atoms with E-state index in [1.165, 1.54) is 6.92 Å². The van der Waals surface area contributed by atoms with E-state index in [4.69, 9.17) is 6.92 Å². The second-order valence-electron chi connectivity index (χ2n) is 2.63. The van der Waals surface area contributed by atoms with Crippen molar-refractivity contribution in [3.05, 3.63) is 36.8 Å². The third-order valence-corrected chi connectivity index (χ3v) is 1.54. The summed E-state index contributed by atoms with van der Waals surface area (Å²) in [5, 5.41) is 2.39. The van der Waals surface area contributed by atoms with Crippen molar-refractivity contribution in [3.8, 4) is 0 Å². The number of hydrogen-bond donors (Lipinski definition) is 1. The summed E-state index contributed by atoms with van der Waals surface area (Å²) in [6, 6.07) is 6.60. The fourth-order valence-corrected chi connectivity index (χ4v) is 0.958. The molecule has 0 aliphatic heterocycles. The number of carbonyl (C=O) groups excluding carboxylic acids is 2. The van der Waals surface area contributed by atoms with Crippen molar-refractivity contribution in [2.75, 3.05) is 5.32 Å². The van der Waals surface area contributed by atoms with Gasteiger partial charge in [0.05, 0.1) is 6.92 Å². The van der Waals surface area contributed by atoms with Gasteiger partial charge in [-0.2, -0.15) is 0 Å². The van der Waals surface area contributed by atoms with E-state index in [2.05, 4.69) is 5.32 Å². The van der Waals surface area contributed by atoms with E-state index in [1.54, 1.807) is 24.3 Å². The lowest BCUT2D eigenvalue weighted by molar-refractivity contribution is -0.112. The van der Waals surface area contributed by atoms with E-state index in [1.807, 2.05) is 0 Å². The molecule has 13 heavy (non-hydrogen) atoms. The molecule has 1 aromatic carbocycles. The molecular weight excluding hydrogens is 166 g/mol. The zero-order valence-electron chi connectivity index (χ0n) is 7.20. The monoisotopic (exact) mass is 175 g/mol. The van der Waals surface area contributed by atoms with Gasteiger partial charge in [-0.3, -0.25) is 9.59 Å². The van der Waals surface area contributed by atoms with Crippen LogP contribution in [-0.4, -0.2) is 11.7 Å². The van der Waals surface area contributed by atoms with Crippen molar-refractivity contribution in [2.45, 2.75) is 6.92 Å². The molecule has 66 valence electrons. The first-order valence-electron chi connectivity index (χ1n) is 3.77. The molecule has 1 amide bonds. The third kappa shape index (κ3) is 2.71. The second kappa shape index (κ2) is 3.85. The van der Waals surface area contributed by atoms with Gasteiger partial charge in [0.2, 0.25) is 5.91 Å². The topological polar surface area (TPSA) is 46.2 Å². The number of amides is 1. The summed E-state index contributed by atoms with van der Waals surface area (Å²) in [7, 11) is 0. The molecule has 3 nitrogen and oxygen atoms in total. The lowest BCUT2D eigenvalue weighted by Gasteiger charge is -2.02. The predicted molar refractivity (Wildman–Crippen MR) is 49.4 cm³/mol. The minimum absolute atomic E-state index is 0.0480. The molecule has 0 saturated carbocycles. The van der Waals surface area contributed by atoms with E-state index >= 15 is 0 Å². The Labute approximate surface area is 76.8 Å². The third-order valence-electron chi connectivity index (χ3n) is 1.54. The molecule has 1 aromatic rings. The van der Waals surface area contributed by atoms with Crippen molar-refractivity contribution in [1.82, 2.24) is 0 Å². The molecule has 0 aromatic heterocycles. The summed E-state index contributed by atoms with van der Waals surface area (Å²) >= 11 is 0. The van der Waals surface area contributed by atoms with Crippen LogP contribution in [-0.2, 0) is 4.79 Å². The maximum absolute atomic E-state index is 10.9. The largest absolute Gasteiger partial charge is 0.326 e. The van der Waals surface area contributed by atoms with Crippen LogP contribution in [0.3, 0.4) is 0 Å². The average Bonchev–Trinajstić information content (AvgIpc) is 2.03. The van der Waals surface area contributed by atoms with Crippen LogP contribution in [0.2, 0.25) is 0 Å². The molecular formula is C10H9NO2. The number of Topliss-reactive ketones (excluding diaryl/α,β-unsaturated/α-hetero) is 1. The van der Waals surface area contributed by atoms with Crippen LogP contribution in [0.25, 0.3) is 0 Å². The van der Waals surface area contributed by atoms with Crippen LogP contribution < -0.4 is 5.32 Å². The Hall–Kier alpha value is -1.64. The maximum atomic E-state index is 10.9. The fraction of sp³-hybridized carbons (Fsp3) is 0.100. The first-order valence-corrected chi connectivity index (χ1v) is 3.77. The molecule has 0 unspecified atom stereocenters. The van der Waals surface area contributed by atoms with Crippen LogP contribution in [0.5, 0.6) is 0 Å². The number of hydrogen-bond acceptors (Lipinski definition) is 2. The molecule has 1 N–H and O–H groups in total. The van der Waals surface area contributed by atoms with Crippen LogP contribution >= 0.6 is 0 Å². The number of ketones is 1. The van der Waals surface area contributed by atoms with Crippen LogP contribution in [0.15, 0.2) is 24.3 Å². The normalized spacial score (nSPS) is 9.38. The van der Waals surface area contributed by atoms with Gasteiger partial charge in [0.25, 0.3) is 0 Å². The zero-order valence-corrected chi connectivity index (χ0v) is 7.20.